The Morgan fingerprint density at radius 1 is 0.817 bits per heavy atom. The van der Waals surface area contributed by atoms with Gasteiger partial charge in [-0.3, -0.25) is 29.8 Å². The van der Waals surface area contributed by atoms with Gasteiger partial charge < -0.3 is 20.5 Å². The number of nitro groups is 2. The summed E-state index contributed by atoms with van der Waals surface area (Å²) in [5.74, 6) is -2.12. The molecule has 20 heteroatoms. The van der Waals surface area contributed by atoms with E-state index in [-0.39, 0.29) is 101 Å². The fraction of sp³-hybridized carbons (Fsp3) is 0.350. The normalized spacial score (nSPS) is 13.2. The number of aromatic nitrogens is 4. The molecule has 4 aromatic carbocycles. The van der Waals surface area contributed by atoms with E-state index in [1.54, 1.807) is 0 Å². The van der Waals surface area contributed by atoms with Gasteiger partial charge in [-0.25, -0.2) is 18.0 Å². The van der Waals surface area contributed by atoms with Crippen LogP contribution in [0.15, 0.2) is 82.1 Å². The van der Waals surface area contributed by atoms with Crippen molar-refractivity contribution in [2.75, 3.05) is 17.2 Å². The molecule has 0 spiro atoms. The van der Waals surface area contributed by atoms with Gasteiger partial charge in [-0.05, 0) is 86.8 Å². The summed E-state index contributed by atoms with van der Waals surface area (Å²) in [7, 11) is 0. The molecule has 0 aliphatic rings. The van der Waals surface area contributed by atoms with Crippen molar-refractivity contribution < 1.29 is 47.3 Å². The molecule has 60 heavy (non-hydrogen) atoms. The van der Waals surface area contributed by atoms with Crippen LogP contribution in [0.3, 0.4) is 0 Å². The number of fused-ring (bicyclic) bond motifs is 2. The summed E-state index contributed by atoms with van der Waals surface area (Å²) < 4.78 is 44.3. The van der Waals surface area contributed by atoms with Gasteiger partial charge in [-0.1, -0.05) is 44.2 Å². The number of aliphatic hydroxyl groups excluding tert-OH is 1. The summed E-state index contributed by atoms with van der Waals surface area (Å²) >= 11 is 0. The lowest BCUT2D eigenvalue weighted by molar-refractivity contribution is -0.383. The quantitative estimate of drug-likeness (QED) is 0.0458. The molecule has 3 atom stereocenters. The minimum Gasteiger partial charge on any atom is -0.383 e. The Hall–Kier alpha value is -6.80. The Kier molecular flexibility index (Phi) is 13.4. The third-order valence-corrected chi connectivity index (χ3v) is 10.1. The van der Waals surface area contributed by atoms with Crippen LogP contribution in [-0.2, 0) is 27.4 Å². The molecule has 0 fully saturated rings. The lowest BCUT2D eigenvalue weighted by Gasteiger charge is -2.27. The van der Waals surface area contributed by atoms with Crippen LogP contribution in [0.4, 0.5) is 31.5 Å². The fourth-order valence-corrected chi connectivity index (χ4v) is 6.70. The van der Waals surface area contributed by atoms with E-state index in [4.69, 9.17) is 14.0 Å². The summed E-state index contributed by atoms with van der Waals surface area (Å²) in [5.41, 5.74) is -0.172. The molecule has 0 amide bonds. The van der Waals surface area contributed by atoms with E-state index in [0.29, 0.717) is 6.42 Å². The summed E-state index contributed by atoms with van der Waals surface area (Å²) in [4.78, 5) is 48.8. The van der Waals surface area contributed by atoms with Crippen molar-refractivity contribution >= 4 is 56.4 Å². The lowest BCUT2D eigenvalue weighted by Crippen LogP contribution is -2.43. The molecular weight excluding hydrogens is 790 g/mol. The number of non-ortho nitro benzene ring substituents is 2. The molecule has 0 saturated heterocycles. The number of nitrogens with one attached hydrogen (secondary N) is 2. The third-order valence-electron chi connectivity index (χ3n) is 10.1. The number of rotatable bonds is 22. The molecule has 0 aliphatic heterocycles. The predicted octanol–water partition coefficient (Wildman–Crippen LogP) is 7.05. The van der Waals surface area contributed by atoms with Crippen LogP contribution in [-0.4, -0.2) is 71.9 Å². The van der Waals surface area contributed by atoms with Gasteiger partial charge in [0.05, 0.1) is 40.5 Å². The first-order chi connectivity index (χ1) is 28.7. The highest BCUT2D eigenvalue weighted by Crippen LogP contribution is 2.33. The first kappa shape index (κ1) is 42.8. The largest absolute Gasteiger partial charge is 0.383 e. The highest BCUT2D eigenvalue weighted by Gasteiger charge is 2.31. The smallest absolute Gasteiger partial charge is 0.300 e. The van der Waals surface area contributed by atoms with E-state index in [0.717, 1.165) is 23.8 Å². The van der Waals surface area contributed by atoms with E-state index in [1.807, 2.05) is 44.2 Å². The maximum absolute atomic E-state index is 14.8. The van der Waals surface area contributed by atoms with Crippen LogP contribution >= 0.6 is 0 Å². The van der Waals surface area contributed by atoms with Gasteiger partial charge in [-0.15, -0.1) is 0 Å². The standard InChI is InChI=1S/C40H40F2N8O10/c1-40(2,16-14-27(51)20-26(19-24-18-25(41)8-9-28(24)42)43-29-10-12-32(49(54)55)37-35(29)45-59-47-37)17-15-34(52)39(53)31(22-58-21-23-6-4-3-5-7-23)44-30-11-13-33(50(56)57)38-36(30)46-60-48-38/h3-13,18,26,31,39,43-44,53H,14-17,19-22H2,1-2H3. The van der Waals surface area contributed by atoms with Crippen molar-refractivity contribution in [2.45, 2.75) is 77.2 Å². The third kappa shape index (κ3) is 10.6. The van der Waals surface area contributed by atoms with Gasteiger partial charge >= 0.3 is 11.4 Å². The fourth-order valence-electron chi connectivity index (χ4n) is 6.70. The van der Waals surface area contributed by atoms with E-state index in [1.165, 1.54) is 24.3 Å². The zero-order valence-electron chi connectivity index (χ0n) is 32.4. The summed E-state index contributed by atoms with van der Waals surface area (Å²) in [5, 5.41) is 55.3. The van der Waals surface area contributed by atoms with Gasteiger partial charge in [0.15, 0.2) is 16.8 Å². The predicted molar refractivity (Wildman–Crippen MR) is 211 cm³/mol. The molecule has 0 radical (unpaired) electrons. The minimum absolute atomic E-state index is 0.00286. The number of ketones is 2. The number of carbonyl (C=O) groups is 2. The van der Waals surface area contributed by atoms with E-state index in [2.05, 4.69) is 31.3 Å². The Morgan fingerprint density at radius 3 is 2.02 bits per heavy atom. The minimum atomic E-state index is -1.59. The van der Waals surface area contributed by atoms with Crippen molar-refractivity contribution in [3.8, 4) is 0 Å². The van der Waals surface area contributed by atoms with Crippen molar-refractivity contribution in [3.05, 3.63) is 116 Å². The number of Topliss-reactive ketones (excluding diaryl/α,β-unsaturated/α-hetero) is 2. The number of benzene rings is 4. The monoisotopic (exact) mass is 830 g/mol. The Labute approximate surface area is 339 Å². The van der Waals surface area contributed by atoms with Crippen molar-refractivity contribution in [1.29, 1.82) is 0 Å². The number of halogens is 2. The molecule has 2 heterocycles. The molecule has 0 aliphatic carbocycles. The molecule has 2 aromatic heterocycles. The van der Waals surface area contributed by atoms with Crippen LogP contribution < -0.4 is 10.6 Å². The second kappa shape index (κ2) is 18.9. The number of ether oxygens (including phenoxy) is 1. The summed E-state index contributed by atoms with van der Waals surface area (Å²) in [6.45, 7) is 3.77. The van der Waals surface area contributed by atoms with Crippen LogP contribution in [0.5, 0.6) is 0 Å². The van der Waals surface area contributed by atoms with Crippen LogP contribution in [0.2, 0.25) is 0 Å². The highest BCUT2D eigenvalue weighted by atomic mass is 19.1. The van der Waals surface area contributed by atoms with Crippen molar-refractivity contribution in [3.63, 3.8) is 0 Å². The maximum Gasteiger partial charge on any atom is 0.300 e. The lowest BCUT2D eigenvalue weighted by atomic mass is 9.81. The molecular formula is C40H40F2N8O10. The highest BCUT2D eigenvalue weighted by molar-refractivity contribution is 5.95. The first-order valence-corrected chi connectivity index (χ1v) is 18.8. The van der Waals surface area contributed by atoms with Gasteiger partial charge in [-0.2, -0.15) is 0 Å². The number of nitro benzene ring substituents is 2. The van der Waals surface area contributed by atoms with E-state index in [9.17, 15) is 43.7 Å². The van der Waals surface area contributed by atoms with E-state index < -0.39 is 50.9 Å². The van der Waals surface area contributed by atoms with Crippen LogP contribution in [0.25, 0.3) is 22.1 Å². The number of hydrogen-bond acceptors (Lipinski definition) is 16. The maximum atomic E-state index is 14.8. The second-order valence-corrected chi connectivity index (χ2v) is 15.1. The number of nitrogens with zero attached hydrogens (tertiary/aromatic N) is 6. The molecule has 6 aromatic rings. The van der Waals surface area contributed by atoms with Gasteiger partial charge in [0.2, 0.25) is 11.0 Å². The molecule has 18 nitrogen and oxygen atoms in total. The summed E-state index contributed by atoms with van der Waals surface area (Å²) in [6, 6.07) is 15.5. The average Bonchev–Trinajstić information content (AvgIpc) is 3.92. The zero-order chi connectivity index (χ0) is 43.0. The average molecular weight is 831 g/mol. The van der Waals surface area contributed by atoms with Gasteiger partial charge in [0.25, 0.3) is 0 Å². The van der Waals surface area contributed by atoms with Crippen LogP contribution in [0.1, 0.15) is 57.1 Å². The van der Waals surface area contributed by atoms with Crippen LogP contribution in [0, 0.1) is 37.3 Å². The molecule has 0 saturated carbocycles. The van der Waals surface area contributed by atoms with Gasteiger partial charge in [0, 0.05) is 37.4 Å². The molecule has 0 bridgehead atoms. The first-order valence-electron chi connectivity index (χ1n) is 18.8. The number of aliphatic hydroxyl groups is 1. The Balaban J connectivity index is 1.10. The number of anilines is 2. The van der Waals surface area contributed by atoms with Crippen molar-refractivity contribution in [1.82, 2.24) is 20.6 Å². The number of hydrogen-bond donors (Lipinski definition) is 3. The Morgan fingerprint density at radius 2 is 1.40 bits per heavy atom. The Bertz CT molecular complexity index is 2500. The topological polar surface area (TPSA) is 252 Å². The number of carbonyl (C=O) groups excluding carboxylic acids is 2. The van der Waals surface area contributed by atoms with Crippen molar-refractivity contribution in [2.24, 2.45) is 5.41 Å². The SMILES string of the molecule is CC(C)(CCC(=O)CC(Cc1cc(F)ccc1F)Nc1ccc([N+](=O)[O-])c2nonc12)CCC(=O)C(O)C(COCc1ccccc1)Nc1ccc([N+](=O)[O-])c2nonc12. The molecule has 6 rings (SSSR count). The molecule has 314 valence electrons. The van der Waals surface area contributed by atoms with Gasteiger partial charge in [0.1, 0.15) is 23.5 Å². The summed E-state index contributed by atoms with van der Waals surface area (Å²) in [6.07, 6.45) is -1.30. The zero-order valence-corrected chi connectivity index (χ0v) is 32.4. The second-order valence-electron chi connectivity index (χ2n) is 15.1. The molecule has 3 N–H and O–H groups in total. The van der Waals surface area contributed by atoms with E-state index >= 15 is 0 Å². The molecule has 3 unspecified atom stereocenters.